The van der Waals surface area contributed by atoms with Gasteiger partial charge in [0, 0.05) is 0 Å². The lowest BCUT2D eigenvalue weighted by atomic mass is 9.62. The second kappa shape index (κ2) is 3.31. The third-order valence-corrected chi connectivity index (χ3v) is 3.49. The van der Waals surface area contributed by atoms with Crippen molar-refractivity contribution in [1.29, 1.82) is 5.26 Å². The average molecular weight is 180 g/mol. The molecule has 0 N–H and O–H groups in total. The Morgan fingerprint density at radius 3 is 2.00 bits per heavy atom. The molecule has 0 aromatic heterocycles. The summed E-state index contributed by atoms with van der Waals surface area (Å²) >= 11 is 0. The zero-order valence-corrected chi connectivity index (χ0v) is 9.22. The van der Waals surface area contributed by atoms with Crippen LogP contribution in [-0.4, -0.2) is 25.0 Å². The Kier molecular flexibility index (Phi) is 2.68. The van der Waals surface area contributed by atoms with E-state index in [-0.39, 0.29) is 10.8 Å². The molecule has 0 aromatic carbocycles. The lowest BCUT2D eigenvalue weighted by Gasteiger charge is -2.44. The molecular formula is C11H20N2. The second-order valence-electron chi connectivity index (χ2n) is 5.25. The Hall–Kier alpha value is -0.550. The first-order valence-electron chi connectivity index (χ1n) is 5.01. The summed E-state index contributed by atoms with van der Waals surface area (Å²) in [6.07, 6.45) is 2.03. The number of hydrogen-bond acceptors (Lipinski definition) is 2. The fraction of sp³-hybridized carbons (Fsp3) is 0.909. The minimum absolute atomic E-state index is 0.0977. The van der Waals surface area contributed by atoms with Gasteiger partial charge in [0.25, 0.3) is 0 Å². The average Bonchev–Trinajstić information content (AvgIpc) is 2.04. The summed E-state index contributed by atoms with van der Waals surface area (Å²) in [7, 11) is 2.13. The topological polar surface area (TPSA) is 27.0 Å². The van der Waals surface area contributed by atoms with Gasteiger partial charge in [-0.15, -0.1) is 0 Å². The quantitative estimate of drug-likeness (QED) is 0.572. The molecule has 2 nitrogen and oxygen atoms in total. The first-order valence-corrected chi connectivity index (χ1v) is 5.01. The van der Waals surface area contributed by atoms with Crippen LogP contribution in [0.2, 0.25) is 0 Å². The molecule has 0 bridgehead atoms. The van der Waals surface area contributed by atoms with Crippen molar-refractivity contribution in [1.82, 2.24) is 4.90 Å². The zero-order valence-electron chi connectivity index (χ0n) is 9.22. The van der Waals surface area contributed by atoms with Crippen LogP contribution in [0.5, 0.6) is 0 Å². The molecule has 74 valence electrons. The van der Waals surface area contributed by atoms with Crippen LogP contribution in [0.3, 0.4) is 0 Å². The van der Waals surface area contributed by atoms with Crippen molar-refractivity contribution in [2.24, 2.45) is 10.8 Å². The van der Waals surface area contributed by atoms with Crippen molar-refractivity contribution in [3.8, 4) is 6.07 Å². The van der Waals surface area contributed by atoms with Gasteiger partial charge in [0.05, 0.1) is 11.5 Å². The third-order valence-electron chi connectivity index (χ3n) is 3.49. The summed E-state index contributed by atoms with van der Waals surface area (Å²) in [5.74, 6) is 0. The van der Waals surface area contributed by atoms with E-state index in [9.17, 15) is 5.26 Å². The van der Waals surface area contributed by atoms with Gasteiger partial charge in [-0.3, -0.25) is 0 Å². The summed E-state index contributed by atoms with van der Waals surface area (Å²) in [6.45, 7) is 8.67. The van der Waals surface area contributed by atoms with E-state index >= 15 is 0 Å². The summed E-state index contributed by atoms with van der Waals surface area (Å²) < 4.78 is 0. The molecular weight excluding hydrogens is 160 g/mol. The fourth-order valence-electron chi connectivity index (χ4n) is 2.03. The largest absolute Gasteiger partial charge is 0.306 e. The Morgan fingerprint density at radius 1 is 1.23 bits per heavy atom. The van der Waals surface area contributed by atoms with Crippen LogP contribution in [0.4, 0.5) is 0 Å². The van der Waals surface area contributed by atoms with E-state index in [0.29, 0.717) is 0 Å². The standard InChI is InChI=1S/C11H20N2/c1-10(2,3)11(9-12)5-7-13(4)8-6-11/h5-8H2,1-4H3. The number of rotatable bonds is 0. The second-order valence-corrected chi connectivity index (χ2v) is 5.25. The van der Waals surface area contributed by atoms with Crippen LogP contribution in [0.25, 0.3) is 0 Å². The van der Waals surface area contributed by atoms with Crippen molar-refractivity contribution in [2.45, 2.75) is 33.6 Å². The monoisotopic (exact) mass is 180 g/mol. The summed E-state index contributed by atoms with van der Waals surface area (Å²) in [5, 5.41) is 9.29. The highest BCUT2D eigenvalue weighted by molar-refractivity contribution is 5.08. The van der Waals surface area contributed by atoms with Gasteiger partial charge < -0.3 is 4.90 Å². The van der Waals surface area contributed by atoms with E-state index < -0.39 is 0 Å². The number of nitriles is 1. The van der Waals surface area contributed by atoms with E-state index in [1.807, 2.05) is 0 Å². The molecule has 0 unspecified atom stereocenters. The maximum atomic E-state index is 9.29. The van der Waals surface area contributed by atoms with Crippen LogP contribution in [0.1, 0.15) is 33.6 Å². The van der Waals surface area contributed by atoms with Crippen molar-refractivity contribution >= 4 is 0 Å². The molecule has 1 saturated heterocycles. The lowest BCUT2D eigenvalue weighted by Crippen LogP contribution is -2.44. The summed E-state index contributed by atoms with van der Waals surface area (Å²) in [6, 6.07) is 2.55. The highest BCUT2D eigenvalue weighted by Gasteiger charge is 2.43. The van der Waals surface area contributed by atoms with Crippen LogP contribution < -0.4 is 0 Å². The number of hydrogen-bond donors (Lipinski definition) is 0. The van der Waals surface area contributed by atoms with Gasteiger partial charge in [-0.05, 0) is 38.4 Å². The summed E-state index contributed by atoms with van der Waals surface area (Å²) in [4.78, 5) is 2.31. The predicted octanol–water partition coefficient (Wildman–Crippen LogP) is 2.27. The number of nitrogens with zero attached hydrogens (tertiary/aromatic N) is 2. The van der Waals surface area contributed by atoms with Gasteiger partial charge in [0.1, 0.15) is 0 Å². The molecule has 0 amide bonds. The molecule has 0 atom stereocenters. The Balaban J connectivity index is 2.80. The van der Waals surface area contributed by atoms with Gasteiger partial charge >= 0.3 is 0 Å². The molecule has 0 spiro atoms. The maximum absolute atomic E-state index is 9.29. The molecule has 1 aliphatic rings. The number of likely N-dealkylation sites (tertiary alicyclic amines) is 1. The van der Waals surface area contributed by atoms with E-state index in [4.69, 9.17) is 0 Å². The van der Waals surface area contributed by atoms with E-state index in [2.05, 4.69) is 38.8 Å². The Morgan fingerprint density at radius 2 is 1.69 bits per heavy atom. The maximum Gasteiger partial charge on any atom is 0.0696 e. The van der Waals surface area contributed by atoms with E-state index in [1.165, 1.54) is 0 Å². The predicted molar refractivity (Wildman–Crippen MR) is 54.2 cm³/mol. The van der Waals surface area contributed by atoms with Gasteiger partial charge in [0.15, 0.2) is 0 Å². The molecule has 0 radical (unpaired) electrons. The minimum atomic E-state index is -0.0977. The van der Waals surface area contributed by atoms with Crippen LogP contribution in [-0.2, 0) is 0 Å². The van der Waals surface area contributed by atoms with Crippen molar-refractivity contribution in [2.75, 3.05) is 20.1 Å². The van der Waals surface area contributed by atoms with Crippen LogP contribution in [0, 0.1) is 22.2 Å². The molecule has 2 heteroatoms. The normalized spacial score (nSPS) is 23.9. The van der Waals surface area contributed by atoms with Crippen molar-refractivity contribution in [3.63, 3.8) is 0 Å². The Labute approximate surface area is 81.5 Å². The highest BCUT2D eigenvalue weighted by Crippen LogP contribution is 2.45. The van der Waals surface area contributed by atoms with Gasteiger partial charge in [-0.2, -0.15) is 5.26 Å². The fourth-order valence-corrected chi connectivity index (χ4v) is 2.03. The highest BCUT2D eigenvalue weighted by atomic mass is 15.1. The van der Waals surface area contributed by atoms with Crippen LogP contribution in [0.15, 0.2) is 0 Å². The molecule has 1 rings (SSSR count). The first-order chi connectivity index (χ1) is 5.91. The van der Waals surface area contributed by atoms with Crippen molar-refractivity contribution < 1.29 is 0 Å². The van der Waals surface area contributed by atoms with Crippen LogP contribution >= 0.6 is 0 Å². The third kappa shape index (κ3) is 1.86. The van der Waals surface area contributed by atoms with Gasteiger partial charge in [-0.25, -0.2) is 0 Å². The molecule has 0 saturated carbocycles. The SMILES string of the molecule is CN1CCC(C#N)(C(C)(C)C)CC1. The molecule has 1 fully saturated rings. The van der Waals surface area contributed by atoms with Gasteiger partial charge in [-0.1, -0.05) is 20.8 Å². The zero-order chi connectivity index (χ0) is 10.1. The molecule has 13 heavy (non-hydrogen) atoms. The number of piperidine rings is 1. The van der Waals surface area contributed by atoms with Crippen molar-refractivity contribution in [3.05, 3.63) is 0 Å². The van der Waals surface area contributed by atoms with Gasteiger partial charge in [0.2, 0.25) is 0 Å². The summed E-state index contributed by atoms with van der Waals surface area (Å²) in [5.41, 5.74) is 0.0164. The molecule has 0 aromatic rings. The first kappa shape index (κ1) is 10.5. The lowest BCUT2D eigenvalue weighted by molar-refractivity contribution is 0.0657. The Bertz CT molecular complexity index is 211. The molecule has 1 aliphatic heterocycles. The molecule has 0 aliphatic carbocycles. The van der Waals surface area contributed by atoms with E-state index in [0.717, 1.165) is 25.9 Å². The smallest absolute Gasteiger partial charge is 0.0696 e. The van der Waals surface area contributed by atoms with E-state index in [1.54, 1.807) is 0 Å². The minimum Gasteiger partial charge on any atom is -0.306 e. The molecule has 1 heterocycles.